The average Bonchev–Trinajstić information content (AvgIpc) is 3.18. The van der Waals surface area contributed by atoms with E-state index in [0.717, 1.165) is 11.1 Å². The Morgan fingerprint density at radius 2 is 0.829 bits per heavy atom. The van der Waals surface area contributed by atoms with Crippen LogP contribution in [0.3, 0.4) is 0 Å². The fraction of sp³-hybridized carbons (Fsp3) is 0.655. The summed E-state index contributed by atoms with van der Waals surface area (Å²) in [4.78, 5) is 87.1. The van der Waals surface area contributed by atoms with Gasteiger partial charge in [0.15, 0.2) is 11.8 Å². The van der Waals surface area contributed by atoms with E-state index in [0.29, 0.717) is 31.4 Å². The van der Waals surface area contributed by atoms with Crippen LogP contribution in [0.4, 0.5) is 0 Å². The van der Waals surface area contributed by atoms with Crippen LogP contribution in [0.15, 0.2) is 48.5 Å². The molecule has 398 valence electrons. The van der Waals surface area contributed by atoms with Gasteiger partial charge in [0.05, 0.1) is 18.4 Å². The molecule has 0 aliphatic carbocycles. The second kappa shape index (κ2) is 29.7. The normalized spacial score (nSPS) is 13.3. The molecule has 15 nitrogen and oxygen atoms in total. The first kappa shape index (κ1) is 66.6. The van der Waals surface area contributed by atoms with Crippen molar-refractivity contribution < 1.29 is 71.8 Å². The number of benzene rings is 2. The molecule has 1 N–H and O–H groups in total. The quantitative estimate of drug-likeness (QED) is 0.0567. The van der Waals surface area contributed by atoms with Gasteiger partial charge >= 0.3 is 41.8 Å². The molecule has 0 bridgehead atoms. The Bertz CT molecular complexity index is 1890. The minimum atomic E-state index is -1.37. The zero-order chi connectivity index (χ0) is 52.4. The van der Waals surface area contributed by atoms with E-state index in [-0.39, 0.29) is 57.4 Å². The summed E-state index contributed by atoms with van der Waals surface area (Å²) in [5.41, 5.74) is -1.14. The molecule has 4 atom stereocenters. The van der Waals surface area contributed by atoms with E-state index in [4.69, 9.17) is 33.2 Å². The van der Waals surface area contributed by atoms with Crippen LogP contribution < -0.4 is 4.74 Å². The lowest BCUT2D eigenvalue weighted by Crippen LogP contribution is -2.40. The minimum Gasteiger partial charge on any atom is -0.508 e. The van der Waals surface area contributed by atoms with Crippen molar-refractivity contribution in [3.05, 3.63) is 59.7 Å². The molecule has 15 heteroatoms. The van der Waals surface area contributed by atoms with E-state index in [1.165, 1.54) is 6.92 Å². The Kier molecular flexibility index (Phi) is 28.2. The highest BCUT2D eigenvalue weighted by molar-refractivity contribution is 5.96. The molecule has 0 fully saturated rings. The van der Waals surface area contributed by atoms with Gasteiger partial charge < -0.3 is 38.3 Å². The van der Waals surface area contributed by atoms with Gasteiger partial charge in [0.2, 0.25) is 0 Å². The van der Waals surface area contributed by atoms with Crippen molar-refractivity contribution in [2.24, 2.45) is 23.7 Å². The molecule has 0 radical (unpaired) electrons. The third-order valence-electron chi connectivity index (χ3n) is 9.91. The van der Waals surface area contributed by atoms with E-state index in [9.17, 15) is 38.7 Å². The van der Waals surface area contributed by atoms with Crippen LogP contribution in [-0.2, 0) is 62.0 Å². The van der Waals surface area contributed by atoms with E-state index >= 15 is 0 Å². The number of rotatable bonds is 20. The van der Waals surface area contributed by atoms with Gasteiger partial charge in [-0.2, -0.15) is 0 Å². The summed E-state index contributed by atoms with van der Waals surface area (Å²) in [6, 6.07) is 14.0. The molecule has 2 aromatic rings. The zero-order valence-electron chi connectivity index (χ0n) is 43.7. The van der Waals surface area contributed by atoms with E-state index in [1.807, 2.05) is 52.0 Å². The molecule has 70 heavy (non-hydrogen) atoms. The van der Waals surface area contributed by atoms with Crippen LogP contribution in [0.5, 0.6) is 11.5 Å². The van der Waals surface area contributed by atoms with Gasteiger partial charge in [-0.1, -0.05) is 66.8 Å². The van der Waals surface area contributed by atoms with Crippen molar-refractivity contribution in [1.82, 2.24) is 0 Å². The van der Waals surface area contributed by atoms with Gasteiger partial charge in [-0.25, -0.2) is 0 Å². The van der Waals surface area contributed by atoms with Crippen molar-refractivity contribution in [3.8, 4) is 11.5 Å². The number of aromatic hydroxyl groups is 1. The Morgan fingerprint density at radius 3 is 1.16 bits per heavy atom. The second-order valence-electron chi connectivity index (χ2n) is 21.1. The van der Waals surface area contributed by atoms with Gasteiger partial charge in [0.1, 0.15) is 40.5 Å². The molecule has 0 saturated heterocycles. The first-order chi connectivity index (χ1) is 31.1. The molecule has 4 unspecified atom stereocenters. The van der Waals surface area contributed by atoms with Crippen molar-refractivity contribution in [1.29, 1.82) is 0 Å². The second-order valence-corrected chi connectivity index (χ2v) is 21.1. The SMILES string of the molecule is C.C.CCC(CC(C)c1ccc(O)cc1)C(=O)OCCC(C(=O)OC(C)(C)C)C(=O)OC(C)(C)C.CCC(CC(C)c1ccc(OC(C)=O)cc1)C(=O)OCC(C(=O)OC(C)(C)C)C(=O)OC(C)(C)C. The molecule has 2 rings (SSSR count). The number of ether oxygens (including phenoxy) is 7. The molecular formula is C55H88O15. The molecule has 0 aliphatic rings. The molecule has 0 saturated carbocycles. The smallest absolute Gasteiger partial charge is 0.324 e. The van der Waals surface area contributed by atoms with Gasteiger partial charge in [-0.05, 0) is 156 Å². The van der Waals surface area contributed by atoms with E-state index < -0.39 is 82.6 Å². The van der Waals surface area contributed by atoms with E-state index in [2.05, 4.69) is 0 Å². The maximum atomic E-state index is 12.9. The summed E-state index contributed by atoms with van der Waals surface area (Å²) in [5, 5.41) is 9.46. The maximum Gasteiger partial charge on any atom is 0.324 e. The lowest BCUT2D eigenvalue weighted by molar-refractivity contribution is -0.180. The molecule has 0 heterocycles. The molecule has 0 spiro atoms. The number of hydrogen-bond donors (Lipinski definition) is 1. The molecule has 0 amide bonds. The third kappa shape index (κ3) is 27.1. The number of phenolic OH excluding ortho intramolecular Hbond substituents is 1. The van der Waals surface area contributed by atoms with Crippen LogP contribution >= 0.6 is 0 Å². The van der Waals surface area contributed by atoms with Crippen molar-refractivity contribution in [3.63, 3.8) is 0 Å². The first-order valence-electron chi connectivity index (χ1n) is 23.5. The molecule has 2 aromatic carbocycles. The number of carbonyl (C=O) groups is 7. The average molecular weight is 989 g/mol. The Morgan fingerprint density at radius 1 is 0.500 bits per heavy atom. The van der Waals surface area contributed by atoms with Crippen molar-refractivity contribution in [2.45, 2.75) is 199 Å². The largest absolute Gasteiger partial charge is 0.508 e. The molecule has 0 aliphatic heterocycles. The Balaban J connectivity index is 0. The fourth-order valence-electron chi connectivity index (χ4n) is 6.55. The van der Waals surface area contributed by atoms with Crippen LogP contribution in [-0.4, -0.2) is 82.5 Å². The van der Waals surface area contributed by atoms with Gasteiger partial charge in [0.25, 0.3) is 0 Å². The fourth-order valence-corrected chi connectivity index (χ4v) is 6.55. The van der Waals surface area contributed by atoms with Crippen LogP contribution in [0.25, 0.3) is 0 Å². The summed E-state index contributed by atoms with van der Waals surface area (Å²) in [7, 11) is 0. The maximum absolute atomic E-state index is 12.9. The first-order valence-corrected chi connectivity index (χ1v) is 23.5. The monoisotopic (exact) mass is 989 g/mol. The number of esters is 7. The van der Waals surface area contributed by atoms with Crippen LogP contribution in [0, 0.1) is 23.7 Å². The van der Waals surface area contributed by atoms with E-state index in [1.54, 1.807) is 107 Å². The number of carbonyl (C=O) groups excluding carboxylic acids is 7. The topological polar surface area (TPSA) is 204 Å². The van der Waals surface area contributed by atoms with Crippen molar-refractivity contribution in [2.75, 3.05) is 13.2 Å². The highest BCUT2D eigenvalue weighted by atomic mass is 16.6. The predicted molar refractivity (Wildman–Crippen MR) is 270 cm³/mol. The van der Waals surface area contributed by atoms with Gasteiger partial charge in [0, 0.05) is 13.3 Å². The molecule has 0 aromatic heterocycles. The Labute approximate surface area is 419 Å². The summed E-state index contributed by atoms with van der Waals surface area (Å²) in [6.45, 7) is 29.1. The van der Waals surface area contributed by atoms with Gasteiger partial charge in [-0.3, -0.25) is 33.6 Å². The number of hydrogen-bond acceptors (Lipinski definition) is 15. The molecular weight excluding hydrogens is 901 g/mol. The highest BCUT2D eigenvalue weighted by Gasteiger charge is 2.38. The van der Waals surface area contributed by atoms with Crippen molar-refractivity contribution >= 4 is 41.8 Å². The lowest BCUT2D eigenvalue weighted by Gasteiger charge is -2.26. The third-order valence-corrected chi connectivity index (χ3v) is 9.91. The van der Waals surface area contributed by atoms with Crippen LogP contribution in [0.2, 0.25) is 0 Å². The minimum absolute atomic E-state index is 0. The highest BCUT2D eigenvalue weighted by Crippen LogP contribution is 2.30. The Hall–Kier alpha value is -5.47. The van der Waals surface area contributed by atoms with Gasteiger partial charge in [-0.15, -0.1) is 0 Å². The summed E-state index contributed by atoms with van der Waals surface area (Å²) < 4.78 is 37.4. The number of phenols is 1. The predicted octanol–water partition coefficient (Wildman–Crippen LogP) is 11.4. The lowest BCUT2D eigenvalue weighted by atomic mass is 9.89. The zero-order valence-corrected chi connectivity index (χ0v) is 43.7. The summed E-state index contributed by atoms with van der Waals surface area (Å²) in [5.74, 6) is -6.77. The summed E-state index contributed by atoms with van der Waals surface area (Å²) >= 11 is 0. The van der Waals surface area contributed by atoms with Crippen LogP contribution in [0.1, 0.15) is 188 Å². The standard InChI is InChI=1S/C27H40O8.C26H40O7.2CH4/c1-10-19(15-17(2)20-11-13-21(14-12-20)33-18(3)28)23(29)32-16-22(24(30)34-26(4,5)6)25(31)35-27(7,8)9;1-9-18(16-17(2)19-10-12-20(27)13-11-19)22(28)31-15-14-21(23(29)32-25(3,4)5)24(30)33-26(6,7)8;;/h11-14,17,19,22H,10,15-16H2,1-9H3;10-13,17-18,21,27H,9,14-16H2,1-8H3;2*1H4. The summed E-state index contributed by atoms with van der Waals surface area (Å²) in [6.07, 6.45) is 2.20.